The minimum atomic E-state index is -2.47. The van der Waals surface area contributed by atoms with Crippen molar-refractivity contribution in [2.24, 2.45) is 11.7 Å². The Morgan fingerprint density at radius 3 is 2.38 bits per heavy atom. The molecular weight excluding hydrogens is 222 g/mol. The first kappa shape index (κ1) is 16.1. The molecule has 0 spiro atoms. The summed E-state index contributed by atoms with van der Waals surface area (Å²) in [5.74, 6) is 0.375. The lowest BCUT2D eigenvalue weighted by Crippen LogP contribution is -2.47. The summed E-state index contributed by atoms with van der Waals surface area (Å²) in [4.78, 5) is 0. The van der Waals surface area contributed by atoms with Crippen LogP contribution in [0, 0.1) is 5.92 Å². The van der Waals surface area contributed by atoms with E-state index in [0.29, 0.717) is 25.7 Å². The number of hydrogen-bond donors (Lipinski definition) is 1. The van der Waals surface area contributed by atoms with Crippen molar-refractivity contribution in [3.63, 3.8) is 0 Å². The second-order valence-electron chi connectivity index (χ2n) is 4.07. The van der Waals surface area contributed by atoms with E-state index in [1.54, 1.807) is 7.11 Å². The molecule has 5 heteroatoms. The first-order valence-corrected chi connectivity index (χ1v) is 8.10. The molecule has 0 fully saturated rings. The maximum Gasteiger partial charge on any atom is 0.500 e. The molecule has 0 saturated heterocycles. The van der Waals surface area contributed by atoms with E-state index in [9.17, 15) is 0 Å². The molecule has 0 radical (unpaired) electrons. The Morgan fingerprint density at radius 1 is 1.25 bits per heavy atom. The Bertz CT molecular complexity index is 171. The van der Waals surface area contributed by atoms with Crippen LogP contribution in [0.3, 0.4) is 0 Å². The number of rotatable bonds is 10. The van der Waals surface area contributed by atoms with E-state index in [-0.39, 0.29) is 0 Å². The fourth-order valence-electron chi connectivity index (χ4n) is 1.46. The molecule has 0 aliphatic heterocycles. The molecule has 0 aliphatic rings. The van der Waals surface area contributed by atoms with Crippen LogP contribution < -0.4 is 5.73 Å². The molecule has 0 bridgehead atoms. The van der Waals surface area contributed by atoms with Gasteiger partial charge in [-0.3, -0.25) is 0 Å². The molecule has 98 valence electrons. The number of nitrogens with two attached hydrogens (primary N) is 1. The highest BCUT2D eigenvalue weighted by atomic mass is 28.4. The first-order chi connectivity index (χ1) is 7.64. The molecule has 0 aromatic carbocycles. The van der Waals surface area contributed by atoms with E-state index in [1.165, 1.54) is 0 Å². The van der Waals surface area contributed by atoms with Crippen molar-refractivity contribution in [3.05, 3.63) is 0 Å². The zero-order chi connectivity index (χ0) is 12.4. The summed E-state index contributed by atoms with van der Waals surface area (Å²) in [6.07, 6.45) is 2.16. The number of hydrogen-bond acceptors (Lipinski definition) is 4. The normalized spacial score (nSPS) is 17.1. The second-order valence-corrected chi connectivity index (χ2v) is 6.83. The SMILES string of the molecule is CCCCO[Si](CC(C)CN)(OC)OCC. The van der Waals surface area contributed by atoms with Crippen molar-refractivity contribution in [1.82, 2.24) is 0 Å². The van der Waals surface area contributed by atoms with Gasteiger partial charge >= 0.3 is 8.80 Å². The Hall–Kier alpha value is 0.0569. The van der Waals surface area contributed by atoms with Crippen LogP contribution in [-0.4, -0.2) is 35.7 Å². The van der Waals surface area contributed by atoms with Gasteiger partial charge in [-0.1, -0.05) is 20.3 Å². The van der Waals surface area contributed by atoms with Crippen LogP contribution in [0.25, 0.3) is 0 Å². The minimum Gasteiger partial charge on any atom is -0.377 e. The molecule has 0 aromatic rings. The van der Waals surface area contributed by atoms with E-state index in [1.807, 2.05) is 6.92 Å². The van der Waals surface area contributed by atoms with Crippen molar-refractivity contribution >= 4 is 8.80 Å². The Morgan fingerprint density at radius 2 is 1.94 bits per heavy atom. The predicted molar refractivity (Wildman–Crippen MR) is 68.3 cm³/mol. The molecule has 0 heterocycles. The lowest BCUT2D eigenvalue weighted by atomic mass is 10.2. The van der Waals surface area contributed by atoms with E-state index >= 15 is 0 Å². The van der Waals surface area contributed by atoms with Gasteiger partial charge in [0.05, 0.1) is 0 Å². The van der Waals surface area contributed by atoms with Crippen LogP contribution in [0.5, 0.6) is 0 Å². The van der Waals surface area contributed by atoms with Crippen molar-refractivity contribution in [2.45, 2.75) is 39.7 Å². The minimum absolute atomic E-state index is 0.375. The fraction of sp³-hybridized carbons (Fsp3) is 1.00. The third-order valence-corrected chi connectivity index (χ3v) is 5.69. The lowest BCUT2D eigenvalue weighted by Gasteiger charge is -2.29. The fourth-order valence-corrected chi connectivity index (χ4v) is 4.10. The Kier molecular flexibility index (Phi) is 9.16. The third-order valence-electron chi connectivity index (χ3n) is 2.50. The van der Waals surface area contributed by atoms with Gasteiger partial charge in [-0.05, 0) is 25.8 Å². The summed E-state index contributed by atoms with van der Waals surface area (Å²) in [6.45, 7) is 8.20. The van der Waals surface area contributed by atoms with Crippen LogP contribution in [0.15, 0.2) is 0 Å². The van der Waals surface area contributed by atoms with E-state index in [0.717, 1.165) is 18.9 Å². The van der Waals surface area contributed by atoms with Crippen LogP contribution in [-0.2, 0) is 13.3 Å². The molecule has 2 N–H and O–H groups in total. The summed E-state index contributed by atoms with van der Waals surface area (Å²) in [7, 11) is -0.793. The summed E-state index contributed by atoms with van der Waals surface area (Å²) < 4.78 is 17.1. The molecule has 2 atom stereocenters. The topological polar surface area (TPSA) is 53.7 Å². The smallest absolute Gasteiger partial charge is 0.377 e. The lowest BCUT2D eigenvalue weighted by molar-refractivity contribution is 0.0772. The molecular formula is C11H27NO3Si. The van der Waals surface area contributed by atoms with Gasteiger partial charge in [0.25, 0.3) is 0 Å². The Balaban J connectivity index is 4.31. The highest BCUT2D eigenvalue weighted by Crippen LogP contribution is 2.20. The van der Waals surface area contributed by atoms with E-state index < -0.39 is 8.80 Å². The summed E-state index contributed by atoms with van der Waals surface area (Å²) in [6, 6.07) is 0.803. The molecule has 0 saturated carbocycles. The maximum atomic E-state index is 5.87. The molecule has 0 aliphatic carbocycles. The predicted octanol–water partition coefficient (Wildman–Crippen LogP) is 2.02. The summed E-state index contributed by atoms with van der Waals surface area (Å²) in [5.41, 5.74) is 5.64. The van der Waals surface area contributed by atoms with Crippen LogP contribution >= 0.6 is 0 Å². The molecule has 4 nitrogen and oxygen atoms in total. The summed E-state index contributed by atoms with van der Waals surface area (Å²) >= 11 is 0. The standard InChI is InChI=1S/C11H27NO3Si/c1-5-7-8-15-16(13-4,14-6-2)10-11(3)9-12/h11H,5-10,12H2,1-4H3. The van der Waals surface area contributed by atoms with Crippen molar-refractivity contribution in [3.8, 4) is 0 Å². The van der Waals surface area contributed by atoms with Gasteiger partial charge in [0.2, 0.25) is 0 Å². The number of unbranched alkanes of at least 4 members (excludes halogenated alkanes) is 1. The summed E-state index contributed by atoms with van der Waals surface area (Å²) in [5, 5.41) is 0. The van der Waals surface area contributed by atoms with Gasteiger partial charge in [0.1, 0.15) is 0 Å². The van der Waals surface area contributed by atoms with Crippen molar-refractivity contribution < 1.29 is 13.3 Å². The van der Waals surface area contributed by atoms with Gasteiger partial charge in [-0.25, -0.2) is 0 Å². The zero-order valence-electron chi connectivity index (χ0n) is 11.1. The maximum absolute atomic E-state index is 5.87. The second kappa shape index (κ2) is 9.12. The highest BCUT2D eigenvalue weighted by molar-refractivity contribution is 6.60. The largest absolute Gasteiger partial charge is 0.500 e. The highest BCUT2D eigenvalue weighted by Gasteiger charge is 2.40. The van der Waals surface area contributed by atoms with E-state index in [4.69, 9.17) is 19.0 Å². The molecule has 2 unspecified atom stereocenters. The average molecular weight is 249 g/mol. The first-order valence-electron chi connectivity index (χ1n) is 6.17. The zero-order valence-corrected chi connectivity index (χ0v) is 12.1. The van der Waals surface area contributed by atoms with Gasteiger partial charge in [-0.2, -0.15) is 0 Å². The average Bonchev–Trinajstić information content (AvgIpc) is 2.29. The van der Waals surface area contributed by atoms with Gasteiger partial charge in [0.15, 0.2) is 0 Å². The van der Waals surface area contributed by atoms with Gasteiger partial charge in [0, 0.05) is 26.4 Å². The van der Waals surface area contributed by atoms with Crippen molar-refractivity contribution in [2.75, 3.05) is 26.9 Å². The van der Waals surface area contributed by atoms with E-state index in [2.05, 4.69) is 13.8 Å². The third kappa shape index (κ3) is 5.96. The molecule has 16 heavy (non-hydrogen) atoms. The van der Waals surface area contributed by atoms with Crippen LogP contribution in [0.1, 0.15) is 33.6 Å². The Labute approximate surface area is 101 Å². The molecule has 0 rings (SSSR count). The van der Waals surface area contributed by atoms with Crippen molar-refractivity contribution in [1.29, 1.82) is 0 Å². The van der Waals surface area contributed by atoms with Crippen LogP contribution in [0.2, 0.25) is 6.04 Å². The van der Waals surface area contributed by atoms with Crippen LogP contribution in [0.4, 0.5) is 0 Å². The van der Waals surface area contributed by atoms with Gasteiger partial charge < -0.3 is 19.0 Å². The molecule has 0 aromatic heterocycles. The van der Waals surface area contributed by atoms with Gasteiger partial charge in [-0.15, -0.1) is 0 Å². The molecule has 0 amide bonds. The monoisotopic (exact) mass is 249 g/mol. The quantitative estimate of drug-likeness (QED) is 0.475.